The summed E-state index contributed by atoms with van der Waals surface area (Å²) in [4.78, 5) is 17.6. The molecule has 0 radical (unpaired) electrons. The molecule has 27 heavy (non-hydrogen) atoms. The number of aliphatic hydroxyl groups is 1. The highest BCUT2D eigenvalue weighted by molar-refractivity contribution is 7.90. The summed E-state index contributed by atoms with van der Waals surface area (Å²) >= 11 is 0. The largest absolute Gasteiger partial charge is 0.395 e. The number of hydrogen-bond donors (Lipinski definition) is 2. The lowest BCUT2D eigenvalue weighted by molar-refractivity contribution is -0.154. The Labute approximate surface area is 159 Å². The van der Waals surface area contributed by atoms with Crippen LogP contribution >= 0.6 is 0 Å². The van der Waals surface area contributed by atoms with E-state index in [9.17, 15) is 26.7 Å². The summed E-state index contributed by atoms with van der Waals surface area (Å²) in [7, 11) is -7.45. The van der Waals surface area contributed by atoms with Crippen LogP contribution in [0.1, 0.15) is 32.4 Å². The summed E-state index contributed by atoms with van der Waals surface area (Å²) in [6.45, 7) is 4.34. The number of amides is 1. The van der Waals surface area contributed by atoms with Crippen molar-refractivity contribution in [2.75, 3.05) is 19.1 Å². The van der Waals surface area contributed by atoms with Gasteiger partial charge in [-0.2, -0.15) is 8.42 Å². The van der Waals surface area contributed by atoms with E-state index in [1.807, 2.05) is 0 Å². The minimum absolute atomic E-state index is 0.0189. The van der Waals surface area contributed by atoms with E-state index < -0.39 is 50.1 Å². The smallest absolute Gasteiger partial charge is 0.265 e. The van der Waals surface area contributed by atoms with Crippen LogP contribution in [0.2, 0.25) is 0 Å². The zero-order valence-corrected chi connectivity index (χ0v) is 17.4. The first-order valence-electron chi connectivity index (χ1n) is 7.91. The predicted molar refractivity (Wildman–Crippen MR) is 97.8 cm³/mol. The molecule has 0 heterocycles. The van der Waals surface area contributed by atoms with Crippen molar-refractivity contribution < 1.29 is 35.8 Å². The van der Waals surface area contributed by atoms with E-state index in [2.05, 4.69) is 5.48 Å². The van der Waals surface area contributed by atoms with E-state index in [1.54, 1.807) is 20.8 Å². The highest BCUT2D eigenvalue weighted by Crippen LogP contribution is 2.29. The van der Waals surface area contributed by atoms with Crippen LogP contribution in [0.15, 0.2) is 29.2 Å². The lowest BCUT2D eigenvalue weighted by Crippen LogP contribution is -2.41. The summed E-state index contributed by atoms with van der Waals surface area (Å²) in [5.74, 6) is -2.10. The van der Waals surface area contributed by atoms with Crippen LogP contribution < -0.4 is 5.48 Å². The number of hydroxylamine groups is 1. The first-order chi connectivity index (χ1) is 12.1. The number of carbonyl (C=O) groups excluding carboxylic acids is 1. The molecule has 0 aliphatic carbocycles. The number of nitrogens with one attached hydrogen (secondary N) is 1. The SMILES string of the molecule is CC(C)(C)ONC(=O)[C@H](CO)[C@H](OS(C)(=O)=O)c1ccc(S(C)(=O)=O)cc1. The van der Waals surface area contributed by atoms with Crippen molar-refractivity contribution in [3.63, 3.8) is 0 Å². The van der Waals surface area contributed by atoms with Crippen LogP contribution in [-0.2, 0) is 33.8 Å². The minimum atomic E-state index is -3.99. The molecule has 0 aromatic heterocycles. The van der Waals surface area contributed by atoms with Crippen LogP contribution in [0, 0.1) is 5.92 Å². The van der Waals surface area contributed by atoms with Gasteiger partial charge in [0.15, 0.2) is 9.84 Å². The standard InChI is InChI=1S/C16H25NO8S2/c1-16(2,3)25-17-15(19)13(10-18)14(24-27(5,22)23)11-6-8-12(9-7-11)26(4,20)21/h6-9,13-14,18H,10H2,1-5H3,(H,17,19)/t13-,14-/m1/s1. The van der Waals surface area contributed by atoms with Gasteiger partial charge in [0.2, 0.25) is 0 Å². The first kappa shape index (κ1) is 23.5. The van der Waals surface area contributed by atoms with Crippen molar-refractivity contribution in [1.82, 2.24) is 5.48 Å². The summed E-state index contributed by atoms with van der Waals surface area (Å²) < 4.78 is 51.4. The van der Waals surface area contributed by atoms with Crippen molar-refractivity contribution in [2.24, 2.45) is 5.92 Å². The maximum atomic E-state index is 12.4. The molecule has 2 N–H and O–H groups in total. The maximum Gasteiger partial charge on any atom is 0.265 e. The van der Waals surface area contributed by atoms with Gasteiger partial charge < -0.3 is 5.11 Å². The molecule has 0 spiro atoms. The minimum Gasteiger partial charge on any atom is -0.395 e. The molecule has 0 aliphatic rings. The molecule has 0 fully saturated rings. The van der Waals surface area contributed by atoms with Gasteiger partial charge in [-0.05, 0) is 38.5 Å². The summed E-state index contributed by atoms with van der Waals surface area (Å²) in [6.07, 6.45) is 0.463. The number of carbonyl (C=O) groups is 1. The Hall–Kier alpha value is -1.53. The Balaban J connectivity index is 3.23. The molecule has 0 saturated carbocycles. The molecule has 1 amide bonds. The van der Waals surface area contributed by atoms with E-state index in [4.69, 9.17) is 9.02 Å². The van der Waals surface area contributed by atoms with Crippen molar-refractivity contribution in [2.45, 2.75) is 37.4 Å². The number of aliphatic hydroxyl groups excluding tert-OH is 1. The second-order valence-electron chi connectivity index (χ2n) is 7.03. The van der Waals surface area contributed by atoms with Crippen molar-refractivity contribution >= 4 is 25.9 Å². The third-order valence-electron chi connectivity index (χ3n) is 3.27. The molecule has 0 saturated heterocycles. The van der Waals surface area contributed by atoms with E-state index in [0.717, 1.165) is 12.5 Å². The number of rotatable bonds is 8. The van der Waals surface area contributed by atoms with Crippen molar-refractivity contribution in [3.8, 4) is 0 Å². The average Bonchev–Trinajstić information content (AvgIpc) is 2.50. The van der Waals surface area contributed by atoms with E-state index in [1.165, 1.54) is 24.3 Å². The Morgan fingerprint density at radius 1 is 1.11 bits per heavy atom. The lowest BCUT2D eigenvalue weighted by Gasteiger charge is -2.26. The van der Waals surface area contributed by atoms with Crippen LogP contribution in [0.25, 0.3) is 0 Å². The van der Waals surface area contributed by atoms with Gasteiger partial charge in [-0.3, -0.25) is 13.8 Å². The molecule has 1 rings (SSSR count). The third-order valence-corrected chi connectivity index (χ3v) is 4.96. The quantitative estimate of drug-likeness (QED) is 0.457. The topological polar surface area (TPSA) is 136 Å². The monoisotopic (exact) mass is 423 g/mol. The predicted octanol–water partition coefficient (Wildman–Crippen LogP) is 0.562. The molecule has 11 heteroatoms. The summed E-state index contributed by atoms with van der Waals surface area (Å²) in [5.41, 5.74) is 1.67. The van der Waals surface area contributed by atoms with E-state index >= 15 is 0 Å². The van der Waals surface area contributed by atoms with Gasteiger partial charge in [-0.1, -0.05) is 12.1 Å². The van der Waals surface area contributed by atoms with Crippen LogP contribution in [0.5, 0.6) is 0 Å². The molecule has 1 aromatic carbocycles. The molecule has 0 aliphatic heterocycles. The Bertz CT molecular complexity index is 855. The van der Waals surface area contributed by atoms with Crippen molar-refractivity contribution in [3.05, 3.63) is 29.8 Å². The third kappa shape index (κ3) is 7.93. The lowest BCUT2D eigenvalue weighted by atomic mass is 9.96. The highest BCUT2D eigenvalue weighted by Gasteiger charge is 2.34. The van der Waals surface area contributed by atoms with Crippen LogP contribution in [-0.4, -0.2) is 52.6 Å². The van der Waals surface area contributed by atoms with Crippen molar-refractivity contribution in [1.29, 1.82) is 0 Å². The van der Waals surface area contributed by atoms with Crippen LogP contribution in [0.4, 0.5) is 0 Å². The molecule has 0 bridgehead atoms. The molecular weight excluding hydrogens is 398 g/mol. The Morgan fingerprint density at radius 2 is 1.63 bits per heavy atom. The fourth-order valence-corrected chi connectivity index (χ4v) is 3.30. The summed E-state index contributed by atoms with van der Waals surface area (Å²) in [5, 5.41) is 9.65. The molecular formula is C16H25NO8S2. The number of sulfone groups is 1. The molecule has 154 valence electrons. The first-order valence-corrected chi connectivity index (χ1v) is 11.6. The Kier molecular flexibility index (Phi) is 7.53. The van der Waals surface area contributed by atoms with E-state index in [0.29, 0.717) is 0 Å². The highest BCUT2D eigenvalue weighted by atomic mass is 32.2. The zero-order valence-electron chi connectivity index (χ0n) is 15.8. The zero-order chi connectivity index (χ0) is 21.0. The maximum absolute atomic E-state index is 12.4. The van der Waals surface area contributed by atoms with Gasteiger partial charge in [0.05, 0.1) is 29.3 Å². The summed E-state index contributed by atoms with van der Waals surface area (Å²) in [6, 6.07) is 5.18. The van der Waals surface area contributed by atoms with Gasteiger partial charge in [-0.15, -0.1) is 0 Å². The molecule has 2 atom stereocenters. The average molecular weight is 424 g/mol. The fraction of sp³-hybridized carbons (Fsp3) is 0.562. The second kappa shape index (κ2) is 8.65. The molecule has 0 unspecified atom stereocenters. The second-order valence-corrected chi connectivity index (χ2v) is 10.6. The van der Waals surface area contributed by atoms with Gasteiger partial charge in [0, 0.05) is 6.26 Å². The van der Waals surface area contributed by atoms with E-state index in [-0.39, 0.29) is 10.5 Å². The van der Waals surface area contributed by atoms with Crippen LogP contribution in [0.3, 0.4) is 0 Å². The Morgan fingerprint density at radius 3 is 2.00 bits per heavy atom. The fourth-order valence-electron chi connectivity index (χ4n) is 2.04. The number of benzene rings is 1. The van der Waals surface area contributed by atoms with Gasteiger partial charge in [-0.25, -0.2) is 13.9 Å². The number of hydrogen-bond acceptors (Lipinski definition) is 8. The molecule has 9 nitrogen and oxygen atoms in total. The van der Waals surface area contributed by atoms with Gasteiger partial charge in [0.25, 0.3) is 16.0 Å². The van der Waals surface area contributed by atoms with Gasteiger partial charge in [0.1, 0.15) is 6.10 Å². The normalized spacial score (nSPS) is 15.2. The van der Waals surface area contributed by atoms with Gasteiger partial charge >= 0.3 is 0 Å². The molecule has 1 aromatic rings.